The lowest BCUT2D eigenvalue weighted by atomic mass is 10.2. The molecule has 0 spiro atoms. The Morgan fingerprint density at radius 2 is 1.86 bits per heavy atom. The van der Waals surface area contributed by atoms with Crippen molar-refractivity contribution >= 4 is 11.9 Å². The van der Waals surface area contributed by atoms with Crippen LogP contribution in [0.3, 0.4) is 0 Å². The van der Waals surface area contributed by atoms with Gasteiger partial charge in [-0.05, 0) is 11.6 Å². The number of pyridine rings is 1. The number of carboxylic acid groups (broad SMARTS) is 1. The van der Waals surface area contributed by atoms with Crippen LogP contribution in [0.4, 0.5) is 4.48 Å². The molecular weight excluding hydrogens is 279 g/mol. The third-order valence-electron chi connectivity index (χ3n) is 2.74. The van der Waals surface area contributed by atoms with Gasteiger partial charge in [0.25, 0.3) is 0 Å². The van der Waals surface area contributed by atoms with E-state index in [1.54, 1.807) is 30.3 Å². The largest absolute Gasteiger partial charge is 0.505 e. The number of amides is 1. The molecule has 0 bridgehead atoms. The van der Waals surface area contributed by atoms with Gasteiger partial charge in [-0.15, -0.1) is 0 Å². The van der Waals surface area contributed by atoms with E-state index in [0.717, 1.165) is 12.3 Å². The zero-order valence-electron chi connectivity index (χ0n) is 10.7. The Labute approximate surface area is 119 Å². The van der Waals surface area contributed by atoms with Crippen LogP contribution in [0.5, 0.6) is 5.75 Å². The molecule has 1 aromatic heterocycles. The van der Waals surface area contributed by atoms with Gasteiger partial charge in [-0.2, -0.15) is 5.12 Å². The molecule has 108 valence electrons. The van der Waals surface area contributed by atoms with Crippen molar-refractivity contribution in [3.05, 3.63) is 59.4 Å². The zero-order valence-corrected chi connectivity index (χ0v) is 10.7. The van der Waals surface area contributed by atoms with E-state index in [1.807, 2.05) is 0 Å². The van der Waals surface area contributed by atoms with Crippen molar-refractivity contribution in [3.8, 4) is 5.75 Å². The number of rotatable bonds is 4. The van der Waals surface area contributed by atoms with Crippen LogP contribution in [-0.2, 0) is 6.54 Å². The van der Waals surface area contributed by atoms with Gasteiger partial charge in [-0.1, -0.05) is 34.8 Å². The van der Waals surface area contributed by atoms with Gasteiger partial charge in [0.2, 0.25) is 0 Å². The monoisotopic (exact) mass is 290 g/mol. The molecule has 0 aliphatic carbocycles. The molecule has 0 aliphatic heterocycles. The number of carbonyl (C=O) groups excluding carboxylic acids is 1. The topological polar surface area (TPSA) is 90.7 Å². The number of aromatic hydroxyl groups is 1. The molecule has 7 heteroatoms. The van der Waals surface area contributed by atoms with Gasteiger partial charge in [-0.25, -0.2) is 9.78 Å². The summed E-state index contributed by atoms with van der Waals surface area (Å²) in [6.07, 6.45) is 1.02. The minimum absolute atomic E-state index is 0.136. The van der Waals surface area contributed by atoms with Crippen molar-refractivity contribution < 1.29 is 24.3 Å². The molecule has 1 heterocycles. The highest BCUT2D eigenvalue weighted by Crippen LogP contribution is 2.22. The van der Waals surface area contributed by atoms with E-state index < -0.39 is 28.9 Å². The summed E-state index contributed by atoms with van der Waals surface area (Å²) >= 11 is 0. The maximum atomic E-state index is 13.9. The fourth-order valence-corrected chi connectivity index (χ4v) is 1.71. The van der Waals surface area contributed by atoms with E-state index in [0.29, 0.717) is 5.56 Å². The normalized spacial score (nSPS) is 10.1. The maximum absolute atomic E-state index is 13.9. The fourth-order valence-electron chi connectivity index (χ4n) is 1.71. The first kappa shape index (κ1) is 14.4. The van der Waals surface area contributed by atoms with Crippen molar-refractivity contribution in [1.29, 1.82) is 0 Å². The lowest BCUT2D eigenvalue weighted by Gasteiger charge is -2.12. The fraction of sp³-hybridized carbons (Fsp3) is 0.0714. The van der Waals surface area contributed by atoms with Crippen LogP contribution in [0, 0.1) is 0 Å². The van der Waals surface area contributed by atoms with Gasteiger partial charge in [0.15, 0.2) is 11.4 Å². The van der Waals surface area contributed by atoms with Crippen molar-refractivity contribution in [2.24, 2.45) is 0 Å². The Bertz CT molecular complexity index is 676. The van der Waals surface area contributed by atoms with Crippen LogP contribution in [0.15, 0.2) is 42.6 Å². The average molecular weight is 290 g/mol. The molecule has 0 radical (unpaired) electrons. The van der Waals surface area contributed by atoms with Crippen LogP contribution in [0.1, 0.15) is 26.4 Å². The molecule has 0 fully saturated rings. The average Bonchev–Trinajstić information content (AvgIpc) is 2.47. The molecule has 1 amide bonds. The molecule has 0 unspecified atom stereocenters. The minimum Gasteiger partial charge on any atom is -0.505 e. The first-order valence-electron chi connectivity index (χ1n) is 5.93. The summed E-state index contributed by atoms with van der Waals surface area (Å²) in [6, 6.07) is 9.40. The first-order chi connectivity index (χ1) is 10.0. The minimum atomic E-state index is -1.43. The SMILES string of the molecule is O=C(O)c1ccnc(C(=O)N(F)Cc2ccccc2)c1O. The van der Waals surface area contributed by atoms with E-state index >= 15 is 0 Å². The van der Waals surface area contributed by atoms with Crippen molar-refractivity contribution in [3.63, 3.8) is 0 Å². The number of carboxylic acids is 1. The van der Waals surface area contributed by atoms with Gasteiger partial charge < -0.3 is 10.2 Å². The number of carbonyl (C=O) groups is 2. The summed E-state index contributed by atoms with van der Waals surface area (Å²) < 4.78 is 13.9. The second kappa shape index (κ2) is 6.00. The van der Waals surface area contributed by atoms with Crippen LogP contribution >= 0.6 is 0 Å². The Hall–Kier alpha value is -2.96. The summed E-state index contributed by atoms with van der Waals surface area (Å²) in [5.41, 5.74) is -0.614. The Balaban J connectivity index is 2.24. The third-order valence-corrected chi connectivity index (χ3v) is 2.74. The molecule has 0 atom stereocenters. The molecule has 2 aromatic rings. The predicted octanol–water partition coefficient (Wildman–Crippen LogP) is 2.01. The summed E-state index contributed by atoms with van der Waals surface area (Å²) in [5, 5.41) is 18.4. The second-order valence-corrected chi connectivity index (χ2v) is 4.17. The van der Waals surface area contributed by atoms with Crippen molar-refractivity contribution in [1.82, 2.24) is 10.1 Å². The Morgan fingerprint density at radius 1 is 1.19 bits per heavy atom. The van der Waals surface area contributed by atoms with E-state index in [4.69, 9.17) is 5.11 Å². The number of aromatic carboxylic acids is 1. The number of aromatic nitrogens is 1. The van der Waals surface area contributed by atoms with Gasteiger partial charge in [0.05, 0.1) is 6.54 Å². The highest BCUT2D eigenvalue weighted by Gasteiger charge is 2.24. The zero-order chi connectivity index (χ0) is 15.4. The molecule has 0 saturated carbocycles. The molecular formula is C14H11FN2O4. The van der Waals surface area contributed by atoms with Crippen LogP contribution < -0.4 is 0 Å². The van der Waals surface area contributed by atoms with E-state index in [9.17, 15) is 19.2 Å². The molecule has 6 nitrogen and oxygen atoms in total. The summed E-state index contributed by atoms with van der Waals surface area (Å²) in [6.45, 7) is -0.335. The summed E-state index contributed by atoms with van der Waals surface area (Å²) in [4.78, 5) is 26.3. The van der Waals surface area contributed by atoms with Crippen molar-refractivity contribution in [2.75, 3.05) is 0 Å². The molecule has 0 aliphatic rings. The van der Waals surface area contributed by atoms with Gasteiger partial charge in [-0.3, -0.25) is 4.79 Å². The Morgan fingerprint density at radius 3 is 2.48 bits per heavy atom. The number of hydrogen-bond acceptors (Lipinski definition) is 4. The Kier molecular flexibility index (Phi) is 4.13. The molecule has 2 N–H and O–H groups in total. The molecule has 1 aromatic carbocycles. The van der Waals surface area contributed by atoms with Crippen LogP contribution in [0.2, 0.25) is 0 Å². The highest BCUT2D eigenvalue weighted by atomic mass is 19.2. The molecule has 21 heavy (non-hydrogen) atoms. The number of halogens is 1. The highest BCUT2D eigenvalue weighted by molar-refractivity contribution is 5.99. The lowest BCUT2D eigenvalue weighted by Crippen LogP contribution is -2.23. The standard InChI is InChI=1S/C14H11FN2O4/c15-17(8-9-4-2-1-3-5-9)13(19)11-12(18)10(14(20)21)6-7-16-11/h1-7,18H,8H2,(H,20,21). The lowest BCUT2D eigenvalue weighted by molar-refractivity contribution is 0.0139. The smallest absolute Gasteiger partial charge is 0.339 e. The van der Waals surface area contributed by atoms with Gasteiger partial charge >= 0.3 is 11.9 Å². The van der Waals surface area contributed by atoms with Gasteiger partial charge in [0.1, 0.15) is 5.56 Å². The predicted molar refractivity (Wildman–Crippen MR) is 70.3 cm³/mol. The van der Waals surface area contributed by atoms with E-state index in [2.05, 4.69) is 4.98 Å². The van der Waals surface area contributed by atoms with Crippen LogP contribution in [0.25, 0.3) is 0 Å². The third kappa shape index (κ3) is 3.14. The number of benzene rings is 1. The van der Waals surface area contributed by atoms with Gasteiger partial charge in [0, 0.05) is 6.20 Å². The molecule has 0 saturated heterocycles. The van der Waals surface area contributed by atoms with Crippen molar-refractivity contribution in [2.45, 2.75) is 6.54 Å². The number of nitrogens with zero attached hydrogens (tertiary/aromatic N) is 2. The number of hydrogen-bond donors (Lipinski definition) is 2. The first-order valence-corrected chi connectivity index (χ1v) is 5.93. The molecule has 2 rings (SSSR count). The van der Waals surface area contributed by atoms with E-state index in [-0.39, 0.29) is 11.7 Å². The van der Waals surface area contributed by atoms with E-state index in [1.165, 1.54) is 0 Å². The summed E-state index contributed by atoms with van der Waals surface area (Å²) in [7, 11) is 0. The quantitative estimate of drug-likeness (QED) is 0.840. The summed E-state index contributed by atoms with van der Waals surface area (Å²) in [5.74, 6) is -3.50. The second-order valence-electron chi connectivity index (χ2n) is 4.17. The van der Waals surface area contributed by atoms with Crippen LogP contribution in [-0.4, -0.2) is 32.2 Å². The maximum Gasteiger partial charge on any atom is 0.339 e.